The van der Waals surface area contributed by atoms with Crippen LogP contribution < -0.4 is 0 Å². The Kier molecular flexibility index (Phi) is 6.67. The number of hydrogen-bond donors (Lipinski definition) is 1. The zero-order valence-electron chi connectivity index (χ0n) is 11.6. The van der Waals surface area contributed by atoms with Gasteiger partial charge in [0.2, 0.25) is 0 Å². The minimum absolute atomic E-state index is 0.0228. The fraction of sp³-hybridized carbons (Fsp3) is 0.533. The molecule has 0 bridgehead atoms. The number of rotatable bonds is 8. The number of hydrogen-bond acceptors (Lipinski definition) is 3. The summed E-state index contributed by atoms with van der Waals surface area (Å²) < 4.78 is 12.8. The molecular weight excluding hydrogens is 245 g/mol. The van der Waals surface area contributed by atoms with Crippen molar-refractivity contribution >= 4 is 5.78 Å². The molecule has 0 amide bonds. The molecule has 0 aliphatic carbocycles. The molecule has 0 heterocycles. The van der Waals surface area contributed by atoms with Crippen LogP contribution in [0.5, 0.6) is 0 Å². The van der Waals surface area contributed by atoms with Crippen molar-refractivity contribution in [2.24, 2.45) is 0 Å². The molecule has 0 aromatic heterocycles. The lowest BCUT2D eigenvalue weighted by atomic mass is 10.1. The second-order valence-corrected chi connectivity index (χ2v) is 4.89. The Balaban J connectivity index is 2.49. The topological polar surface area (TPSA) is 40.5 Å². The Bertz CT molecular complexity index is 390. The van der Waals surface area contributed by atoms with Gasteiger partial charge in [-0.2, -0.15) is 0 Å². The van der Waals surface area contributed by atoms with Gasteiger partial charge in [-0.25, -0.2) is 4.39 Å². The van der Waals surface area contributed by atoms with Crippen LogP contribution in [0.3, 0.4) is 0 Å². The van der Waals surface area contributed by atoms with E-state index in [9.17, 15) is 9.18 Å². The fourth-order valence-corrected chi connectivity index (χ4v) is 1.93. The van der Waals surface area contributed by atoms with Gasteiger partial charge in [-0.05, 0) is 44.5 Å². The van der Waals surface area contributed by atoms with Gasteiger partial charge < -0.3 is 10.0 Å². The van der Waals surface area contributed by atoms with E-state index >= 15 is 0 Å². The van der Waals surface area contributed by atoms with Gasteiger partial charge in [0.15, 0.2) is 5.78 Å². The van der Waals surface area contributed by atoms with E-state index in [1.54, 1.807) is 0 Å². The standard InChI is InChI=1S/C15H22FNO2/c1-12(2)17(9-3-11-18)10-8-15(19)13-4-6-14(16)7-5-13/h4-7,12,18H,3,8-11H2,1-2H3. The Morgan fingerprint density at radius 3 is 2.42 bits per heavy atom. The van der Waals surface area contributed by atoms with Gasteiger partial charge in [0, 0.05) is 37.7 Å². The molecule has 4 heteroatoms. The Morgan fingerprint density at radius 1 is 1.26 bits per heavy atom. The molecule has 0 fully saturated rings. The largest absolute Gasteiger partial charge is 0.396 e. The van der Waals surface area contributed by atoms with Crippen LogP contribution in [0.25, 0.3) is 0 Å². The summed E-state index contributed by atoms with van der Waals surface area (Å²) in [5.74, 6) is -0.307. The number of aliphatic hydroxyl groups is 1. The van der Waals surface area contributed by atoms with E-state index in [1.807, 2.05) is 0 Å². The van der Waals surface area contributed by atoms with Crippen LogP contribution in [0.15, 0.2) is 24.3 Å². The summed E-state index contributed by atoms with van der Waals surface area (Å²) in [6.07, 6.45) is 1.12. The van der Waals surface area contributed by atoms with Crippen molar-refractivity contribution in [2.45, 2.75) is 32.7 Å². The Hall–Kier alpha value is -1.26. The number of halogens is 1. The van der Waals surface area contributed by atoms with Gasteiger partial charge in [-0.1, -0.05) is 0 Å². The molecule has 1 aromatic carbocycles. The van der Waals surface area contributed by atoms with Crippen molar-refractivity contribution in [1.82, 2.24) is 4.90 Å². The monoisotopic (exact) mass is 267 g/mol. The zero-order valence-corrected chi connectivity index (χ0v) is 11.6. The number of ketones is 1. The lowest BCUT2D eigenvalue weighted by Gasteiger charge is -2.25. The van der Waals surface area contributed by atoms with Crippen LogP contribution in [-0.4, -0.2) is 41.5 Å². The van der Waals surface area contributed by atoms with E-state index in [2.05, 4.69) is 18.7 Å². The molecule has 1 rings (SSSR count). The predicted octanol–water partition coefficient (Wildman–Crippen LogP) is 2.49. The Morgan fingerprint density at radius 2 is 1.89 bits per heavy atom. The molecular formula is C15H22FNO2. The molecule has 0 saturated heterocycles. The molecule has 0 unspecified atom stereocenters. The van der Waals surface area contributed by atoms with Crippen molar-refractivity contribution in [1.29, 1.82) is 0 Å². The smallest absolute Gasteiger partial charge is 0.164 e. The SMILES string of the molecule is CC(C)N(CCCO)CCC(=O)c1ccc(F)cc1. The lowest BCUT2D eigenvalue weighted by Crippen LogP contribution is -2.34. The van der Waals surface area contributed by atoms with E-state index in [4.69, 9.17) is 5.11 Å². The van der Waals surface area contributed by atoms with Crippen molar-refractivity contribution in [3.63, 3.8) is 0 Å². The summed E-state index contributed by atoms with van der Waals surface area (Å²) in [6.45, 7) is 5.74. The third-order valence-electron chi connectivity index (χ3n) is 3.13. The predicted molar refractivity (Wildman–Crippen MR) is 73.8 cm³/mol. The number of carbonyl (C=O) groups excluding carboxylic acids is 1. The highest BCUT2D eigenvalue weighted by Gasteiger charge is 2.12. The molecule has 19 heavy (non-hydrogen) atoms. The first kappa shape index (κ1) is 15.8. The van der Waals surface area contributed by atoms with Crippen molar-refractivity contribution < 1.29 is 14.3 Å². The molecule has 1 aromatic rings. The summed E-state index contributed by atoms with van der Waals surface area (Å²) >= 11 is 0. The molecule has 0 atom stereocenters. The van der Waals surface area contributed by atoms with Crippen molar-refractivity contribution in [3.8, 4) is 0 Å². The minimum atomic E-state index is -0.330. The molecule has 106 valence electrons. The van der Waals surface area contributed by atoms with Crippen LogP contribution in [0.1, 0.15) is 37.0 Å². The summed E-state index contributed by atoms with van der Waals surface area (Å²) in [4.78, 5) is 14.1. The quantitative estimate of drug-likeness (QED) is 0.736. The highest BCUT2D eigenvalue weighted by atomic mass is 19.1. The van der Waals surface area contributed by atoms with Gasteiger partial charge >= 0.3 is 0 Å². The molecule has 3 nitrogen and oxygen atoms in total. The highest BCUT2D eigenvalue weighted by Crippen LogP contribution is 2.08. The first-order valence-corrected chi connectivity index (χ1v) is 6.68. The van der Waals surface area contributed by atoms with E-state index in [0.717, 1.165) is 6.54 Å². The van der Waals surface area contributed by atoms with Crippen LogP contribution in [0, 0.1) is 5.82 Å². The van der Waals surface area contributed by atoms with Crippen molar-refractivity contribution in [3.05, 3.63) is 35.6 Å². The summed E-state index contributed by atoms with van der Waals surface area (Å²) in [5, 5.41) is 8.85. The van der Waals surface area contributed by atoms with Crippen LogP contribution in [-0.2, 0) is 0 Å². The zero-order chi connectivity index (χ0) is 14.3. The third kappa shape index (κ3) is 5.49. The number of nitrogens with zero attached hydrogens (tertiary/aromatic N) is 1. The van der Waals surface area contributed by atoms with E-state index in [1.165, 1.54) is 24.3 Å². The normalized spacial score (nSPS) is 11.3. The molecule has 0 radical (unpaired) electrons. The summed E-state index contributed by atoms with van der Waals surface area (Å²) in [5.41, 5.74) is 0.548. The molecule has 0 spiro atoms. The van der Waals surface area contributed by atoms with Gasteiger partial charge in [-0.15, -0.1) is 0 Å². The molecule has 0 saturated carbocycles. The number of aliphatic hydroxyl groups excluding tert-OH is 1. The van der Waals surface area contributed by atoms with Gasteiger partial charge in [0.05, 0.1) is 0 Å². The van der Waals surface area contributed by atoms with Gasteiger partial charge in [-0.3, -0.25) is 4.79 Å². The fourth-order valence-electron chi connectivity index (χ4n) is 1.93. The van der Waals surface area contributed by atoms with Gasteiger partial charge in [0.1, 0.15) is 5.82 Å². The first-order chi connectivity index (χ1) is 9.04. The van der Waals surface area contributed by atoms with Crippen LogP contribution in [0.4, 0.5) is 4.39 Å². The average molecular weight is 267 g/mol. The van der Waals surface area contributed by atoms with E-state index in [0.29, 0.717) is 31.0 Å². The first-order valence-electron chi connectivity index (χ1n) is 6.68. The second kappa shape index (κ2) is 8.02. The molecule has 0 aliphatic heterocycles. The summed E-state index contributed by atoms with van der Waals surface area (Å²) in [7, 11) is 0. The third-order valence-corrected chi connectivity index (χ3v) is 3.13. The Labute approximate surface area is 114 Å². The van der Waals surface area contributed by atoms with Crippen molar-refractivity contribution in [2.75, 3.05) is 19.7 Å². The summed E-state index contributed by atoms with van der Waals surface area (Å²) in [6, 6.07) is 5.99. The van der Waals surface area contributed by atoms with Gasteiger partial charge in [0.25, 0.3) is 0 Å². The molecule has 0 aliphatic rings. The maximum Gasteiger partial charge on any atom is 0.164 e. The van der Waals surface area contributed by atoms with Crippen LogP contribution >= 0.6 is 0 Å². The number of Topliss-reactive ketones (excluding diaryl/α,β-unsaturated/α-hetero) is 1. The maximum absolute atomic E-state index is 12.8. The van der Waals surface area contributed by atoms with E-state index in [-0.39, 0.29) is 18.2 Å². The lowest BCUT2D eigenvalue weighted by molar-refractivity contribution is 0.0952. The second-order valence-electron chi connectivity index (χ2n) is 4.89. The number of carbonyl (C=O) groups is 1. The highest BCUT2D eigenvalue weighted by molar-refractivity contribution is 5.96. The maximum atomic E-state index is 12.8. The number of benzene rings is 1. The van der Waals surface area contributed by atoms with Crippen LogP contribution in [0.2, 0.25) is 0 Å². The average Bonchev–Trinajstić information content (AvgIpc) is 2.39. The molecule has 1 N–H and O–H groups in total. The minimum Gasteiger partial charge on any atom is -0.396 e. The van der Waals surface area contributed by atoms with E-state index < -0.39 is 0 Å².